The molecule has 1 aromatic rings. The molecule has 0 aromatic heterocycles. The number of likely N-dealkylation sites (N-methyl/N-ethyl adjacent to an activating group) is 1. The van der Waals surface area contributed by atoms with Crippen LogP contribution in [-0.4, -0.2) is 81.4 Å². The van der Waals surface area contributed by atoms with Crippen LogP contribution in [0.5, 0.6) is 11.5 Å². The highest BCUT2D eigenvalue weighted by Gasteiger charge is 2.68. The summed E-state index contributed by atoms with van der Waals surface area (Å²) in [4.78, 5) is 50.6. The summed E-state index contributed by atoms with van der Waals surface area (Å²) in [5.74, 6) is -4.72. The van der Waals surface area contributed by atoms with Crippen molar-refractivity contribution in [1.82, 2.24) is 4.90 Å². The topological polar surface area (TPSA) is 160 Å². The Kier molecular flexibility index (Phi) is 7.52. The summed E-state index contributed by atoms with van der Waals surface area (Å²) < 4.78 is 16.8. The van der Waals surface area contributed by atoms with Crippen molar-refractivity contribution < 1.29 is 48.7 Å². The van der Waals surface area contributed by atoms with Gasteiger partial charge in [0.1, 0.15) is 5.76 Å². The van der Waals surface area contributed by atoms with Crippen LogP contribution in [0.15, 0.2) is 24.0 Å². The van der Waals surface area contributed by atoms with Crippen molar-refractivity contribution in [1.29, 1.82) is 0 Å². The van der Waals surface area contributed by atoms with E-state index in [4.69, 9.17) is 14.2 Å². The summed E-state index contributed by atoms with van der Waals surface area (Å²) in [6.07, 6.45) is -1.12. The average Bonchev–Trinajstić information content (AvgIpc) is 3.19. The molecule has 3 N–H and O–H groups in total. The van der Waals surface area contributed by atoms with Gasteiger partial charge in [-0.25, -0.2) is 0 Å². The summed E-state index contributed by atoms with van der Waals surface area (Å²) in [6.45, 7) is 6.98. The number of phenols is 1. The first-order chi connectivity index (χ1) is 18.2. The molecule has 3 aliphatic rings. The molecule has 6 atom stereocenters. The molecule has 11 heteroatoms. The molecule has 0 saturated carbocycles. The zero-order chi connectivity index (χ0) is 28.9. The first-order valence-corrected chi connectivity index (χ1v) is 13.0. The van der Waals surface area contributed by atoms with Crippen LogP contribution in [0.2, 0.25) is 0 Å². The molecule has 1 heterocycles. The lowest BCUT2D eigenvalue weighted by Crippen LogP contribution is -2.69. The summed E-state index contributed by atoms with van der Waals surface area (Å²) in [5.41, 5.74) is -0.871. The molecule has 11 nitrogen and oxygen atoms in total. The fraction of sp³-hybridized carbons (Fsp3) is 0.571. The van der Waals surface area contributed by atoms with Crippen LogP contribution in [0, 0.1) is 5.92 Å². The quantitative estimate of drug-likeness (QED) is 0.368. The van der Waals surface area contributed by atoms with Crippen LogP contribution < -0.4 is 4.74 Å². The smallest absolute Gasteiger partial charge is 0.315 e. The van der Waals surface area contributed by atoms with Gasteiger partial charge in [0.25, 0.3) is 0 Å². The number of aromatic hydroxyl groups is 1. The molecule has 4 rings (SSSR count). The van der Waals surface area contributed by atoms with Crippen molar-refractivity contribution >= 4 is 23.7 Å². The number of hydrogen-bond donors (Lipinski definition) is 3. The molecular formula is C28H35NO10. The number of esters is 2. The normalized spacial score (nSPS) is 28.0. The van der Waals surface area contributed by atoms with E-state index in [0.29, 0.717) is 18.5 Å². The maximum atomic E-state index is 13.3. The number of rotatable bonds is 10. The molecule has 0 unspecified atom stereocenters. The lowest BCUT2D eigenvalue weighted by Gasteiger charge is -2.56. The van der Waals surface area contributed by atoms with Crippen LogP contribution in [0.4, 0.5) is 0 Å². The lowest BCUT2D eigenvalue weighted by atomic mass is 9.54. The Morgan fingerprint density at radius 2 is 1.92 bits per heavy atom. The van der Waals surface area contributed by atoms with Crippen LogP contribution in [0.25, 0.3) is 0 Å². The van der Waals surface area contributed by atoms with Gasteiger partial charge < -0.3 is 34.4 Å². The highest BCUT2D eigenvalue weighted by Crippen LogP contribution is 2.62. The Hall–Kier alpha value is -3.44. The van der Waals surface area contributed by atoms with Crippen LogP contribution >= 0.6 is 0 Å². The monoisotopic (exact) mass is 545 g/mol. The number of carbonyl (C=O) groups excluding carboxylic acids is 3. The molecule has 0 amide bonds. The third kappa shape index (κ3) is 4.67. The number of nitrogens with zero attached hydrogens (tertiary/aromatic N) is 1. The van der Waals surface area contributed by atoms with Gasteiger partial charge in [0.05, 0.1) is 23.4 Å². The summed E-state index contributed by atoms with van der Waals surface area (Å²) in [6, 6.07) is 3.05. The summed E-state index contributed by atoms with van der Waals surface area (Å²) >= 11 is 0. The van der Waals surface area contributed by atoms with Gasteiger partial charge in [-0.2, -0.15) is 0 Å². The Labute approximate surface area is 226 Å². The number of carboxylic acids is 1. The van der Waals surface area contributed by atoms with Crippen molar-refractivity contribution in [2.45, 2.75) is 82.6 Å². The standard InChI is InChI=1S/C28H35NO10/c1-6-29(5)21-12-16-7-8-18(31)24-23(16)27(4)25(39-24)20(9-10-28(21,27)36)38-26(35)17(13-22(33)34)11-19(32)14(2)37-15(3)30/h7-9,14,17,21,25,31,36H,6,10-13H2,1-5H3,(H,33,34)/t14-,17-,21+,25-,27-,28+/m0/s1. The zero-order valence-electron chi connectivity index (χ0n) is 22.7. The predicted molar refractivity (Wildman–Crippen MR) is 136 cm³/mol. The fourth-order valence-electron chi connectivity index (χ4n) is 6.27. The summed E-state index contributed by atoms with van der Waals surface area (Å²) in [7, 11) is 1.92. The molecule has 0 fully saturated rings. The first kappa shape index (κ1) is 28.6. The van der Waals surface area contributed by atoms with E-state index >= 15 is 0 Å². The second-order valence-electron chi connectivity index (χ2n) is 10.8. The molecule has 0 saturated heterocycles. The van der Waals surface area contributed by atoms with Crippen molar-refractivity contribution in [3.05, 3.63) is 35.1 Å². The number of phenolic OH excluding ortho intramolecular Hbond substituents is 1. The van der Waals surface area contributed by atoms with E-state index in [1.807, 2.05) is 27.0 Å². The maximum absolute atomic E-state index is 13.3. The van der Waals surface area contributed by atoms with Crippen LogP contribution in [-0.2, 0) is 40.5 Å². The Morgan fingerprint density at radius 3 is 2.54 bits per heavy atom. The highest BCUT2D eigenvalue weighted by atomic mass is 16.6. The maximum Gasteiger partial charge on any atom is 0.315 e. The third-order valence-corrected chi connectivity index (χ3v) is 8.49. The number of ketones is 1. The van der Waals surface area contributed by atoms with Gasteiger partial charge in [-0.1, -0.05) is 13.0 Å². The minimum absolute atomic E-state index is 0.0735. The molecule has 39 heavy (non-hydrogen) atoms. The number of aliphatic carboxylic acids is 1. The number of ether oxygens (including phenoxy) is 3. The fourth-order valence-corrected chi connectivity index (χ4v) is 6.27. The SMILES string of the molecule is CCN(C)[C@@H]1Cc2ccc(O)c3c2[C@@]2(C)[C@@H](O3)C(OC(=O)[C@H](CC(=O)O)CC(=O)[C@H](C)OC(C)=O)=CC[C@@]12O. The molecule has 212 valence electrons. The largest absolute Gasteiger partial charge is 0.504 e. The minimum Gasteiger partial charge on any atom is -0.504 e. The molecule has 1 aliphatic heterocycles. The lowest BCUT2D eigenvalue weighted by molar-refractivity contribution is -0.159. The van der Waals surface area contributed by atoms with E-state index < -0.39 is 65.7 Å². The molecule has 0 spiro atoms. The number of Topliss-reactive ketones (excluding diaryl/α,β-unsaturated/α-hetero) is 1. The predicted octanol–water partition coefficient (Wildman–Crippen LogP) is 1.85. The molecule has 0 bridgehead atoms. The molecule has 1 aromatic carbocycles. The second-order valence-corrected chi connectivity index (χ2v) is 10.8. The molecular weight excluding hydrogens is 510 g/mol. The van der Waals surface area contributed by atoms with E-state index in [2.05, 4.69) is 4.90 Å². The number of carboxylic acid groups (broad SMARTS) is 1. The minimum atomic E-state index is -1.35. The Balaban J connectivity index is 1.67. The Morgan fingerprint density at radius 1 is 1.23 bits per heavy atom. The van der Waals surface area contributed by atoms with Gasteiger partial charge in [-0.15, -0.1) is 0 Å². The first-order valence-electron chi connectivity index (χ1n) is 13.0. The van der Waals surface area contributed by atoms with E-state index in [0.717, 1.165) is 12.5 Å². The van der Waals surface area contributed by atoms with E-state index in [9.17, 15) is 34.5 Å². The van der Waals surface area contributed by atoms with Crippen molar-refractivity contribution in [2.75, 3.05) is 13.6 Å². The van der Waals surface area contributed by atoms with Crippen molar-refractivity contribution in [2.24, 2.45) is 5.92 Å². The van der Waals surface area contributed by atoms with Crippen molar-refractivity contribution in [3.63, 3.8) is 0 Å². The van der Waals surface area contributed by atoms with E-state index in [-0.39, 0.29) is 29.7 Å². The van der Waals surface area contributed by atoms with Crippen LogP contribution in [0.3, 0.4) is 0 Å². The highest BCUT2D eigenvalue weighted by molar-refractivity contribution is 5.90. The molecule has 0 radical (unpaired) electrons. The second kappa shape index (κ2) is 10.3. The van der Waals surface area contributed by atoms with Gasteiger partial charge in [-0.05, 0) is 51.6 Å². The molecule has 2 aliphatic carbocycles. The zero-order valence-corrected chi connectivity index (χ0v) is 22.7. The number of hydrogen-bond acceptors (Lipinski definition) is 10. The van der Waals surface area contributed by atoms with Crippen LogP contribution in [0.1, 0.15) is 58.1 Å². The van der Waals surface area contributed by atoms with E-state index in [1.54, 1.807) is 6.08 Å². The van der Waals surface area contributed by atoms with Gasteiger partial charge in [0.15, 0.2) is 29.5 Å². The van der Waals surface area contributed by atoms with Gasteiger partial charge >= 0.3 is 17.9 Å². The van der Waals surface area contributed by atoms with Gasteiger partial charge in [0.2, 0.25) is 0 Å². The average molecular weight is 546 g/mol. The Bertz CT molecular complexity index is 1240. The summed E-state index contributed by atoms with van der Waals surface area (Å²) in [5, 5.41) is 32.2. The van der Waals surface area contributed by atoms with Gasteiger partial charge in [-0.3, -0.25) is 19.2 Å². The van der Waals surface area contributed by atoms with E-state index in [1.165, 1.54) is 13.0 Å². The third-order valence-electron chi connectivity index (χ3n) is 8.49. The van der Waals surface area contributed by atoms with Crippen molar-refractivity contribution in [3.8, 4) is 11.5 Å². The number of benzene rings is 1. The number of aliphatic hydroxyl groups is 1. The van der Waals surface area contributed by atoms with Gasteiger partial charge in [0, 0.05) is 31.4 Å². The number of carbonyl (C=O) groups is 4.